The van der Waals surface area contributed by atoms with Crippen LogP contribution in [0.15, 0.2) is 23.2 Å². The minimum atomic E-state index is 0. The van der Waals surface area contributed by atoms with Gasteiger partial charge in [-0.3, -0.25) is 4.99 Å². The second kappa shape index (κ2) is 9.21. The Morgan fingerprint density at radius 3 is 2.48 bits per heavy atom. The molecule has 1 aromatic carbocycles. The van der Waals surface area contributed by atoms with E-state index in [2.05, 4.69) is 32.7 Å². The van der Waals surface area contributed by atoms with E-state index in [-0.39, 0.29) is 24.0 Å². The molecule has 2 saturated heterocycles. The molecule has 4 fully saturated rings. The molecule has 1 aromatic rings. The van der Waals surface area contributed by atoms with Crippen molar-refractivity contribution in [2.24, 2.45) is 16.3 Å². The van der Waals surface area contributed by atoms with Gasteiger partial charge in [0.1, 0.15) is 11.5 Å². The summed E-state index contributed by atoms with van der Waals surface area (Å²) < 4.78 is 16.9. The number of nitrogens with one attached hydrogen (secondary N) is 2. The third-order valence-corrected chi connectivity index (χ3v) is 7.78. The SMILES string of the molecule is CN=C(NC1CCN(c2cc(OC)cc(OC)c2)C1)NC1C2CCOC2C12CCC2.I. The van der Waals surface area contributed by atoms with Crippen LogP contribution in [-0.4, -0.2) is 65.1 Å². The number of ether oxygens (including phenoxy) is 3. The number of nitrogens with zero attached hydrogens (tertiary/aromatic N) is 2. The zero-order valence-corrected chi connectivity index (χ0v) is 21.1. The number of methoxy groups -OCH3 is 2. The smallest absolute Gasteiger partial charge is 0.191 e. The van der Waals surface area contributed by atoms with Crippen molar-refractivity contribution in [1.82, 2.24) is 10.6 Å². The van der Waals surface area contributed by atoms with Gasteiger partial charge in [0.2, 0.25) is 0 Å². The molecule has 0 radical (unpaired) electrons. The summed E-state index contributed by atoms with van der Waals surface area (Å²) in [5.41, 5.74) is 1.49. The number of rotatable bonds is 5. The molecule has 1 spiro atoms. The first-order chi connectivity index (χ1) is 14.7. The van der Waals surface area contributed by atoms with E-state index in [4.69, 9.17) is 14.2 Å². The second-order valence-electron chi connectivity index (χ2n) is 9.17. The highest BCUT2D eigenvalue weighted by Gasteiger charge is 2.66. The monoisotopic (exact) mass is 542 g/mol. The van der Waals surface area contributed by atoms with Crippen molar-refractivity contribution in [2.45, 2.75) is 50.3 Å². The quantitative estimate of drug-likeness (QED) is 0.339. The summed E-state index contributed by atoms with van der Waals surface area (Å²) >= 11 is 0. The zero-order valence-electron chi connectivity index (χ0n) is 18.7. The van der Waals surface area contributed by atoms with E-state index in [1.54, 1.807) is 14.2 Å². The summed E-state index contributed by atoms with van der Waals surface area (Å²) in [7, 11) is 5.26. The van der Waals surface area contributed by atoms with Crippen LogP contribution in [0, 0.1) is 11.3 Å². The van der Waals surface area contributed by atoms with Crippen LogP contribution in [0.2, 0.25) is 0 Å². The van der Waals surface area contributed by atoms with Crippen LogP contribution < -0.4 is 25.0 Å². The second-order valence-corrected chi connectivity index (χ2v) is 9.17. The van der Waals surface area contributed by atoms with Crippen molar-refractivity contribution in [1.29, 1.82) is 0 Å². The van der Waals surface area contributed by atoms with E-state index in [1.165, 1.54) is 25.7 Å². The normalized spacial score (nSPS) is 30.7. The predicted octanol–water partition coefficient (Wildman–Crippen LogP) is 3.02. The Labute approximate surface area is 202 Å². The number of fused-ring (bicyclic) bond motifs is 2. The molecular formula is C23H35IN4O3. The minimum Gasteiger partial charge on any atom is -0.497 e. The van der Waals surface area contributed by atoms with Crippen LogP contribution in [0.5, 0.6) is 11.5 Å². The molecule has 2 N–H and O–H groups in total. The number of hydrogen-bond acceptors (Lipinski definition) is 5. The highest BCUT2D eigenvalue weighted by atomic mass is 127. The van der Waals surface area contributed by atoms with Crippen LogP contribution in [0.25, 0.3) is 0 Å². The maximum Gasteiger partial charge on any atom is 0.191 e. The summed E-state index contributed by atoms with van der Waals surface area (Å²) in [4.78, 5) is 6.94. The third kappa shape index (κ3) is 3.94. The number of aliphatic imine (C=N–C) groups is 1. The average molecular weight is 542 g/mol. The Morgan fingerprint density at radius 2 is 1.87 bits per heavy atom. The topological polar surface area (TPSA) is 67.4 Å². The van der Waals surface area contributed by atoms with E-state index in [9.17, 15) is 0 Å². The fraction of sp³-hybridized carbons (Fsp3) is 0.696. The molecule has 172 valence electrons. The molecule has 4 atom stereocenters. The fourth-order valence-corrected chi connectivity index (χ4v) is 6.05. The molecule has 8 heteroatoms. The Hall–Kier alpha value is -1.42. The van der Waals surface area contributed by atoms with Gasteiger partial charge in [0.25, 0.3) is 0 Å². The maximum absolute atomic E-state index is 6.06. The standard InChI is InChI=1S/C23H34N4O3.HI/c1-24-22(26-20-19-6-10-30-21(19)23(20)7-4-8-23)25-15-5-9-27(14-15)16-11-17(28-2)13-18(12-16)29-3;/h11-13,15,19-21H,4-10,14H2,1-3H3,(H2,24,25,26);1H. The molecule has 2 aliphatic carbocycles. The van der Waals surface area contributed by atoms with E-state index in [1.807, 2.05) is 13.1 Å². The van der Waals surface area contributed by atoms with Gasteiger partial charge in [-0.15, -0.1) is 24.0 Å². The molecule has 0 aromatic heterocycles. The molecule has 4 aliphatic rings. The third-order valence-electron chi connectivity index (χ3n) is 7.78. The van der Waals surface area contributed by atoms with Crippen LogP contribution in [0.4, 0.5) is 5.69 Å². The van der Waals surface area contributed by atoms with Gasteiger partial charge in [0.05, 0.1) is 20.3 Å². The lowest BCUT2D eigenvalue weighted by molar-refractivity contribution is -0.171. The van der Waals surface area contributed by atoms with Crippen molar-refractivity contribution in [3.63, 3.8) is 0 Å². The Balaban J connectivity index is 0.00000231. The van der Waals surface area contributed by atoms with E-state index < -0.39 is 0 Å². The highest BCUT2D eigenvalue weighted by molar-refractivity contribution is 14.0. The molecule has 2 saturated carbocycles. The predicted molar refractivity (Wildman–Crippen MR) is 133 cm³/mol. The van der Waals surface area contributed by atoms with Crippen LogP contribution >= 0.6 is 24.0 Å². The van der Waals surface area contributed by atoms with Crippen molar-refractivity contribution in [3.05, 3.63) is 18.2 Å². The fourth-order valence-electron chi connectivity index (χ4n) is 6.05. The molecule has 2 aliphatic heterocycles. The average Bonchev–Trinajstić information content (AvgIpc) is 3.37. The lowest BCUT2D eigenvalue weighted by Crippen LogP contribution is -2.72. The van der Waals surface area contributed by atoms with Crippen LogP contribution in [0.3, 0.4) is 0 Å². The summed E-state index contributed by atoms with van der Waals surface area (Å²) in [6, 6.07) is 6.93. The summed E-state index contributed by atoms with van der Waals surface area (Å²) in [5.74, 6) is 3.23. The largest absolute Gasteiger partial charge is 0.497 e. The van der Waals surface area contributed by atoms with Gasteiger partial charge >= 0.3 is 0 Å². The first-order valence-electron chi connectivity index (χ1n) is 11.3. The summed E-state index contributed by atoms with van der Waals surface area (Å²) in [6.45, 7) is 2.85. The Kier molecular flexibility index (Phi) is 6.76. The molecular weight excluding hydrogens is 507 g/mol. The molecule has 2 heterocycles. The van der Waals surface area contributed by atoms with E-state index in [0.29, 0.717) is 29.5 Å². The lowest BCUT2D eigenvalue weighted by atomic mass is 9.46. The van der Waals surface area contributed by atoms with Gasteiger partial charge in [-0.2, -0.15) is 0 Å². The van der Waals surface area contributed by atoms with Crippen molar-refractivity contribution in [2.75, 3.05) is 45.9 Å². The first-order valence-corrected chi connectivity index (χ1v) is 11.3. The number of anilines is 1. The van der Waals surface area contributed by atoms with Gasteiger partial charge in [-0.25, -0.2) is 0 Å². The lowest BCUT2D eigenvalue weighted by Gasteiger charge is -2.63. The zero-order chi connectivity index (χ0) is 20.7. The summed E-state index contributed by atoms with van der Waals surface area (Å²) in [6.07, 6.45) is 6.64. The molecule has 5 rings (SSSR count). The molecule has 7 nitrogen and oxygen atoms in total. The number of benzene rings is 1. The Bertz CT molecular complexity index is 794. The van der Waals surface area contributed by atoms with Crippen LogP contribution in [-0.2, 0) is 4.74 Å². The van der Waals surface area contributed by atoms with Gasteiger partial charge in [-0.05, 0) is 25.7 Å². The van der Waals surface area contributed by atoms with E-state index >= 15 is 0 Å². The molecule has 31 heavy (non-hydrogen) atoms. The van der Waals surface area contributed by atoms with Gasteiger partial charge < -0.3 is 29.7 Å². The van der Waals surface area contributed by atoms with Gasteiger partial charge in [0.15, 0.2) is 5.96 Å². The number of halogens is 1. The van der Waals surface area contributed by atoms with Crippen molar-refractivity contribution in [3.8, 4) is 11.5 Å². The molecule has 4 unspecified atom stereocenters. The van der Waals surface area contributed by atoms with Crippen molar-refractivity contribution >= 4 is 35.6 Å². The Morgan fingerprint density at radius 1 is 1.13 bits per heavy atom. The van der Waals surface area contributed by atoms with Gasteiger partial charge in [0, 0.05) is 74.0 Å². The first kappa shape index (κ1) is 22.8. The number of hydrogen-bond donors (Lipinski definition) is 2. The van der Waals surface area contributed by atoms with Crippen molar-refractivity contribution < 1.29 is 14.2 Å². The maximum atomic E-state index is 6.06. The highest BCUT2D eigenvalue weighted by Crippen LogP contribution is 2.62. The summed E-state index contributed by atoms with van der Waals surface area (Å²) in [5, 5.41) is 7.47. The molecule has 0 amide bonds. The minimum absolute atomic E-state index is 0. The van der Waals surface area contributed by atoms with Gasteiger partial charge in [-0.1, -0.05) is 6.42 Å². The van der Waals surface area contributed by atoms with Crippen LogP contribution in [0.1, 0.15) is 32.1 Å². The number of guanidine groups is 1. The molecule has 0 bridgehead atoms. The van der Waals surface area contributed by atoms with E-state index in [0.717, 1.165) is 49.3 Å².